The molecule has 2 aromatic rings. The topological polar surface area (TPSA) is 156 Å². The lowest BCUT2D eigenvalue weighted by molar-refractivity contribution is -0.140. The van der Waals surface area contributed by atoms with Crippen LogP contribution < -0.4 is 11.1 Å². The van der Waals surface area contributed by atoms with E-state index in [2.05, 4.69) is 15.3 Å². The Morgan fingerprint density at radius 2 is 1.72 bits per heavy atom. The standard InChI is InChI=1S/C14H13N3O3.C6H13NO2/c18-13(12-9-15-6-7-16-12)17-11(14(19)20)8-10-4-2-1-3-5-10;1-4(2)3-5(7)6(8)9/h1-7,9,11H,8H2,(H,17,18)(H,19,20);4-5H,3,7H2,1-2H3,(H,8,9)/t11-;5-/m00/s1. The molecule has 2 atom stereocenters. The zero-order valence-electron chi connectivity index (χ0n) is 16.4. The fraction of sp³-hybridized carbons (Fsp3) is 0.350. The summed E-state index contributed by atoms with van der Waals surface area (Å²) in [6.07, 6.45) is 4.87. The number of nitrogens with one attached hydrogen (secondary N) is 1. The molecule has 1 aromatic heterocycles. The molecule has 9 heteroatoms. The predicted octanol–water partition coefficient (Wildman–Crippen LogP) is 1.35. The highest BCUT2D eigenvalue weighted by Gasteiger charge is 2.21. The van der Waals surface area contributed by atoms with Crippen LogP contribution in [0.25, 0.3) is 0 Å². The summed E-state index contributed by atoms with van der Waals surface area (Å²) in [5.74, 6) is -2.20. The highest BCUT2D eigenvalue weighted by atomic mass is 16.4. The van der Waals surface area contributed by atoms with E-state index in [0.29, 0.717) is 12.3 Å². The first-order chi connectivity index (χ1) is 13.7. The van der Waals surface area contributed by atoms with Crippen LogP contribution in [0.1, 0.15) is 36.3 Å². The maximum absolute atomic E-state index is 11.9. The second kappa shape index (κ2) is 12.2. The van der Waals surface area contributed by atoms with Crippen LogP contribution in [-0.4, -0.2) is 50.1 Å². The number of aliphatic carboxylic acids is 2. The van der Waals surface area contributed by atoms with Gasteiger partial charge in [0.25, 0.3) is 5.91 Å². The second-order valence-electron chi connectivity index (χ2n) is 6.72. The molecule has 29 heavy (non-hydrogen) atoms. The molecule has 1 heterocycles. The summed E-state index contributed by atoms with van der Waals surface area (Å²) in [7, 11) is 0. The summed E-state index contributed by atoms with van der Waals surface area (Å²) in [5, 5.41) is 19.9. The number of nitrogens with two attached hydrogens (primary N) is 1. The maximum Gasteiger partial charge on any atom is 0.326 e. The molecule has 0 saturated carbocycles. The van der Waals surface area contributed by atoms with Crippen LogP contribution in [0.5, 0.6) is 0 Å². The van der Waals surface area contributed by atoms with E-state index in [4.69, 9.17) is 10.8 Å². The lowest BCUT2D eigenvalue weighted by Crippen LogP contribution is -2.42. The van der Waals surface area contributed by atoms with Gasteiger partial charge in [-0.3, -0.25) is 14.6 Å². The van der Waals surface area contributed by atoms with Crippen molar-refractivity contribution in [2.45, 2.75) is 38.8 Å². The van der Waals surface area contributed by atoms with Crippen LogP contribution in [0.2, 0.25) is 0 Å². The quantitative estimate of drug-likeness (QED) is 0.515. The summed E-state index contributed by atoms with van der Waals surface area (Å²) in [4.78, 5) is 40.8. The number of carboxylic acids is 2. The van der Waals surface area contributed by atoms with Crippen molar-refractivity contribution in [3.63, 3.8) is 0 Å². The fourth-order valence-electron chi connectivity index (χ4n) is 2.31. The number of nitrogens with zero attached hydrogens (tertiary/aromatic N) is 2. The third-order valence-corrected chi connectivity index (χ3v) is 3.72. The number of carbonyl (C=O) groups excluding carboxylic acids is 1. The van der Waals surface area contributed by atoms with E-state index >= 15 is 0 Å². The van der Waals surface area contributed by atoms with Crippen LogP contribution in [0.15, 0.2) is 48.9 Å². The van der Waals surface area contributed by atoms with E-state index in [1.807, 2.05) is 44.2 Å². The van der Waals surface area contributed by atoms with Gasteiger partial charge in [-0.1, -0.05) is 44.2 Å². The summed E-state index contributed by atoms with van der Waals surface area (Å²) in [6.45, 7) is 3.89. The summed E-state index contributed by atoms with van der Waals surface area (Å²) < 4.78 is 0. The zero-order valence-corrected chi connectivity index (χ0v) is 16.4. The molecule has 2 rings (SSSR count). The van der Waals surface area contributed by atoms with Crippen molar-refractivity contribution in [2.75, 3.05) is 0 Å². The summed E-state index contributed by atoms with van der Waals surface area (Å²) in [6, 6.07) is 7.40. The van der Waals surface area contributed by atoms with Crippen LogP contribution in [-0.2, 0) is 16.0 Å². The number of carboxylic acid groups (broad SMARTS) is 2. The van der Waals surface area contributed by atoms with Gasteiger partial charge in [-0.25, -0.2) is 9.78 Å². The third-order valence-electron chi connectivity index (χ3n) is 3.72. The first-order valence-corrected chi connectivity index (χ1v) is 9.02. The smallest absolute Gasteiger partial charge is 0.326 e. The SMILES string of the molecule is CC(C)C[C@H](N)C(=O)O.O=C(N[C@@H](Cc1ccccc1)C(=O)O)c1cnccn1. The third kappa shape index (κ3) is 9.43. The molecular weight excluding hydrogens is 376 g/mol. The Hall–Kier alpha value is -3.33. The van der Waals surface area contributed by atoms with Gasteiger partial charge in [0.2, 0.25) is 0 Å². The highest BCUT2D eigenvalue weighted by molar-refractivity contribution is 5.94. The van der Waals surface area contributed by atoms with Gasteiger partial charge >= 0.3 is 11.9 Å². The molecule has 1 amide bonds. The van der Waals surface area contributed by atoms with Gasteiger partial charge in [0.05, 0.1) is 6.20 Å². The Balaban J connectivity index is 0.000000396. The Bertz CT molecular complexity index is 784. The van der Waals surface area contributed by atoms with Crippen molar-refractivity contribution >= 4 is 17.8 Å². The molecule has 0 unspecified atom stereocenters. The molecule has 156 valence electrons. The van der Waals surface area contributed by atoms with Gasteiger partial charge in [0.15, 0.2) is 0 Å². The van der Waals surface area contributed by atoms with Crippen LogP contribution >= 0.6 is 0 Å². The van der Waals surface area contributed by atoms with E-state index in [-0.39, 0.29) is 12.1 Å². The van der Waals surface area contributed by atoms with E-state index < -0.39 is 29.9 Å². The summed E-state index contributed by atoms with van der Waals surface area (Å²) in [5.41, 5.74) is 6.14. The monoisotopic (exact) mass is 402 g/mol. The minimum Gasteiger partial charge on any atom is -0.480 e. The number of hydrogen-bond donors (Lipinski definition) is 4. The number of benzene rings is 1. The minimum atomic E-state index is -1.09. The van der Waals surface area contributed by atoms with Crippen molar-refractivity contribution in [1.82, 2.24) is 15.3 Å². The molecule has 0 aliphatic rings. The largest absolute Gasteiger partial charge is 0.480 e. The summed E-state index contributed by atoms with van der Waals surface area (Å²) >= 11 is 0. The van der Waals surface area contributed by atoms with E-state index in [1.165, 1.54) is 18.6 Å². The maximum atomic E-state index is 11.9. The number of rotatable bonds is 8. The second-order valence-corrected chi connectivity index (χ2v) is 6.72. The molecule has 9 nitrogen and oxygen atoms in total. The average molecular weight is 402 g/mol. The molecule has 0 aliphatic carbocycles. The van der Waals surface area contributed by atoms with Crippen molar-refractivity contribution in [3.8, 4) is 0 Å². The molecule has 0 saturated heterocycles. The van der Waals surface area contributed by atoms with Gasteiger partial charge in [-0.15, -0.1) is 0 Å². The zero-order chi connectivity index (χ0) is 21.8. The normalized spacial score (nSPS) is 12.3. The van der Waals surface area contributed by atoms with Crippen molar-refractivity contribution < 1.29 is 24.6 Å². The van der Waals surface area contributed by atoms with Gasteiger partial charge < -0.3 is 21.3 Å². The van der Waals surface area contributed by atoms with Gasteiger partial charge in [-0.2, -0.15) is 0 Å². The molecule has 0 radical (unpaired) electrons. The molecule has 0 spiro atoms. The molecular formula is C20H26N4O5. The Kier molecular flexibility index (Phi) is 9.97. The first-order valence-electron chi connectivity index (χ1n) is 9.02. The number of carbonyl (C=O) groups is 3. The molecule has 0 bridgehead atoms. The number of hydrogen-bond acceptors (Lipinski definition) is 6. The fourth-order valence-corrected chi connectivity index (χ4v) is 2.31. The lowest BCUT2D eigenvalue weighted by atomic mass is 10.1. The predicted molar refractivity (Wildman–Crippen MR) is 106 cm³/mol. The van der Waals surface area contributed by atoms with Crippen molar-refractivity contribution in [2.24, 2.45) is 11.7 Å². The molecule has 5 N–H and O–H groups in total. The van der Waals surface area contributed by atoms with Crippen molar-refractivity contribution in [3.05, 3.63) is 60.2 Å². The molecule has 1 aromatic carbocycles. The molecule has 0 fully saturated rings. The van der Waals surface area contributed by atoms with Gasteiger partial charge in [0, 0.05) is 18.8 Å². The van der Waals surface area contributed by atoms with Crippen LogP contribution in [0.3, 0.4) is 0 Å². The minimum absolute atomic E-state index is 0.0896. The number of aromatic nitrogens is 2. The van der Waals surface area contributed by atoms with E-state index in [0.717, 1.165) is 5.56 Å². The lowest BCUT2D eigenvalue weighted by Gasteiger charge is -2.14. The van der Waals surface area contributed by atoms with E-state index in [9.17, 15) is 19.5 Å². The van der Waals surface area contributed by atoms with E-state index in [1.54, 1.807) is 0 Å². The average Bonchev–Trinajstić information content (AvgIpc) is 2.68. The van der Waals surface area contributed by atoms with Crippen LogP contribution in [0, 0.1) is 5.92 Å². The highest BCUT2D eigenvalue weighted by Crippen LogP contribution is 2.04. The number of amides is 1. The van der Waals surface area contributed by atoms with Gasteiger partial charge in [-0.05, 0) is 17.9 Å². The van der Waals surface area contributed by atoms with Gasteiger partial charge in [0.1, 0.15) is 17.8 Å². The Morgan fingerprint density at radius 3 is 2.17 bits per heavy atom. The first kappa shape index (κ1) is 23.7. The van der Waals surface area contributed by atoms with Crippen LogP contribution in [0.4, 0.5) is 0 Å². The Morgan fingerprint density at radius 1 is 1.07 bits per heavy atom. The molecule has 0 aliphatic heterocycles. The van der Waals surface area contributed by atoms with Crippen molar-refractivity contribution in [1.29, 1.82) is 0 Å². The Labute approximate surface area is 169 Å².